The highest BCUT2D eigenvalue weighted by atomic mass is 32.2. The molecule has 0 aliphatic carbocycles. The molecule has 5 aliphatic heterocycles. The Morgan fingerprint density at radius 1 is 0.824 bits per heavy atom. The number of pyridine rings is 1. The van der Waals surface area contributed by atoms with Crippen molar-refractivity contribution in [2.24, 2.45) is 5.92 Å². The predicted molar refractivity (Wildman–Crippen MR) is 253 cm³/mol. The Morgan fingerprint density at radius 2 is 1.63 bits per heavy atom. The van der Waals surface area contributed by atoms with E-state index < -0.39 is 29.7 Å². The molecule has 0 bridgehead atoms. The number of carbonyl (C=O) groups excluding carboxylic acids is 7. The minimum absolute atomic E-state index is 0.0618. The summed E-state index contributed by atoms with van der Waals surface area (Å²) in [6.07, 6.45) is 14.1. The summed E-state index contributed by atoms with van der Waals surface area (Å²) in [5, 5.41) is 14.0. The Kier molecular flexibility index (Phi) is 16.6. The second kappa shape index (κ2) is 23.3. The van der Waals surface area contributed by atoms with Crippen molar-refractivity contribution < 1.29 is 38.3 Å². The first-order valence-electron chi connectivity index (χ1n) is 23.9. The van der Waals surface area contributed by atoms with Crippen LogP contribution in [0.3, 0.4) is 0 Å². The first kappa shape index (κ1) is 48.4. The molecule has 19 heteroatoms. The lowest BCUT2D eigenvalue weighted by molar-refractivity contribution is -0.136. The zero-order valence-electron chi connectivity index (χ0n) is 38.4. The van der Waals surface area contributed by atoms with Crippen LogP contribution in [-0.2, 0) is 23.9 Å². The Labute approximate surface area is 400 Å². The van der Waals surface area contributed by atoms with Crippen LogP contribution >= 0.6 is 11.8 Å². The molecule has 5 aliphatic rings. The van der Waals surface area contributed by atoms with E-state index in [9.17, 15) is 33.6 Å². The van der Waals surface area contributed by atoms with E-state index in [1.54, 1.807) is 42.7 Å². The number of piperazine rings is 1. The number of thioether (sulfide) groups is 1. The quantitative estimate of drug-likeness (QED) is 0.0812. The number of nitrogens with one attached hydrogen (secondary N) is 2. The average Bonchev–Trinajstić information content (AvgIpc) is 3.63. The molecule has 3 aromatic rings. The number of ether oxygens (including phenoxy) is 1. The van der Waals surface area contributed by atoms with Crippen molar-refractivity contribution in [1.82, 2.24) is 45.4 Å². The van der Waals surface area contributed by atoms with Crippen molar-refractivity contribution in [3.8, 4) is 0 Å². The minimum Gasteiger partial charge on any atom is -0.380 e. The fraction of sp³-hybridized carbons (Fsp3) is 0.510. The van der Waals surface area contributed by atoms with Crippen LogP contribution in [0.5, 0.6) is 0 Å². The van der Waals surface area contributed by atoms with Gasteiger partial charge >= 0.3 is 0 Å². The fourth-order valence-electron chi connectivity index (χ4n) is 9.70. The van der Waals surface area contributed by atoms with Crippen LogP contribution in [0.15, 0.2) is 65.8 Å². The van der Waals surface area contributed by atoms with Gasteiger partial charge in [0, 0.05) is 100 Å². The normalized spacial score (nSPS) is 19.7. The standard InChI is InChI=1S/C49H60N10O8S/c60-42(13-9-35-6-4-20-50-33-35)51-21-2-1-5-34-15-22-58(23-16-34)48(65)38-10-12-41(54-53-38)56-24-17-36(18-25-56)55-26-28-57(29-27-55)44(62)19-30-67-31-32-68-40-8-3-7-37-45(40)49(66)59(47(37)64)39-11-14-43(61)52-46(39)63/h3-4,6-10,12-13,20,33-34,36,39H,1-2,5,11,14-19,21-32H2,(H,51,60)(H,52,61,63)/b13-9+. The number of nitrogens with zero attached hydrogens (tertiary/aromatic N) is 8. The van der Waals surface area contributed by atoms with Gasteiger partial charge in [-0.25, -0.2) is 0 Å². The number of unbranched alkanes of at least 4 members (excludes halogenated alkanes) is 1. The second-order valence-electron chi connectivity index (χ2n) is 17.9. The van der Waals surface area contributed by atoms with E-state index in [2.05, 4.69) is 35.6 Å². The lowest BCUT2D eigenvalue weighted by atomic mass is 9.91. The number of likely N-dealkylation sites (tertiary alicyclic amines) is 1. The van der Waals surface area contributed by atoms with Gasteiger partial charge in [-0.3, -0.25) is 53.7 Å². The lowest BCUT2D eigenvalue weighted by Gasteiger charge is -2.43. The number of piperidine rings is 3. The van der Waals surface area contributed by atoms with Gasteiger partial charge < -0.3 is 24.8 Å². The number of hydrogen-bond acceptors (Lipinski definition) is 14. The third-order valence-corrected chi connectivity index (χ3v) is 14.6. The van der Waals surface area contributed by atoms with E-state index in [1.807, 2.05) is 28.0 Å². The molecule has 2 N–H and O–H groups in total. The molecule has 4 fully saturated rings. The fourth-order valence-corrected chi connectivity index (χ4v) is 10.6. The molecular formula is C49H60N10O8S. The summed E-state index contributed by atoms with van der Waals surface area (Å²) in [5.74, 6) is -0.392. The predicted octanol–water partition coefficient (Wildman–Crippen LogP) is 3.44. The van der Waals surface area contributed by atoms with Gasteiger partial charge in [0.15, 0.2) is 11.5 Å². The zero-order valence-corrected chi connectivity index (χ0v) is 39.2. The Morgan fingerprint density at radius 3 is 2.37 bits per heavy atom. The maximum Gasteiger partial charge on any atom is 0.274 e. The van der Waals surface area contributed by atoms with Crippen LogP contribution in [0.4, 0.5) is 5.82 Å². The molecule has 0 radical (unpaired) electrons. The van der Waals surface area contributed by atoms with Gasteiger partial charge in [0.2, 0.25) is 23.6 Å². The Hall–Kier alpha value is -6.05. The number of aromatic nitrogens is 3. The summed E-state index contributed by atoms with van der Waals surface area (Å²) in [5.41, 5.74) is 1.77. The largest absolute Gasteiger partial charge is 0.380 e. The maximum absolute atomic E-state index is 13.4. The molecule has 0 spiro atoms. The maximum atomic E-state index is 13.4. The van der Waals surface area contributed by atoms with Crippen LogP contribution in [0.1, 0.15) is 101 Å². The molecular weight excluding hydrogens is 889 g/mol. The van der Waals surface area contributed by atoms with Gasteiger partial charge in [0.05, 0.1) is 30.8 Å². The summed E-state index contributed by atoms with van der Waals surface area (Å²) < 4.78 is 5.80. The van der Waals surface area contributed by atoms with Gasteiger partial charge in [-0.15, -0.1) is 22.0 Å². The highest BCUT2D eigenvalue weighted by molar-refractivity contribution is 7.99. The van der Waals surface area contributed by atoms with Gasteiger partial charge in [0.25, 0.3) is 17.7 Å². The first-order valence-corrected chi connectivity index (χ1v) is 24.9. The highest BCUT2D eigenvalue weighted by Gasteiger charge is 2.45. The highest BCUT2D eigenvalue weighted by Crippen LogP contribution is 2.34. The number of hydrogen-bond donors (Lipinski definition) is 2. The molecule has 8 rings (SSSR count). The smallest absolute Gasteiger partial charge is 0.274 e. The Bertz CT molecular complexity index is 2330. The topological polar surface area (TPSA) is 208 Å². The van der Waals surface area contributed by atoms with Crippen LogP contribution in [-0.4, -0.2) is 166 Å². The molecule has 68 heavy (non-hydrogen) atoms. The van der Waals surface area contributed by atoms with Crippen LogP contribution in [0.25, 0.3) is 6.08 Å². The molecule has 7 heterocycles. The number of imide groups is 2. The van der Waals surface area contributed by atoms with E-state index in [1.165, 1.54) is 17.8 Å². The molecule has 360 valence electrons. The molecule has 4 saturated heterocycles. The minimum atomic E-state index is -1.02. The van der Waals surface area contributed by atoms with Crippen molar-refractivity contribution in [1.29, 1.82) is 0 Å². The van der Waals surface area contributed by atoms with E-state index in [-0.39, 0.29) is 54.7 Å². The number of anilines is 1. The van der Waals surface area contributed by atoms with Crippen molar-refractivity contribution in [3.05, 3.63) is 83.3 Å². The molecule has 1 unspecified atom stereocenters. The van der Waals surface area contributed by atoms with Gasteiger partial charge in [-0.2, -0.15) is 0 Å². The molecule has 1 atom stereocenters. The summed E-state index contributed by atoms with van der Waals surface area (Å²) in [7, 11) is 0. The van der Waals surface area contributed by atoms with E-state index >= 15 is 0 Å². The molecule has 1 aromatic carbocycles. The van der Waals surface area contributed by atoms with Gasteiger partial charge in [-0.1, -0.05) is 25.0 Å². The average molecular weight is 949 g/mol. The summed E-state index contributed by atoms with van der Waals surface area (Å²) in [6, 6.07) is 11.9. The second-order valence-corrected chi connectivity index (χ2v) is 19.0. The lowest BCUT2D eigenvalue weighted by Crippen LogP contribution is -2.54. The summed E-state index contributed by atoms with van der Waals surface area (Å²) in [6.45, 7) is 7.34. The van der Waals surface area contributed by atoms with Crippen molar-refractivity contribution in [2.45, 2.75) is 81.2 Å². The molecule has 0 saturated carbocycles. The van der Waals surface area contributed by atoms with Crippen LogP contribution < -0.4 is 15.5 Å². The number of rotatable bonds is 18. The first-order chi connectivity index (χ1) is 33.1. The van der Waals surface area contributed by atoms with E-state index in [4.69, 9.17) is 4.74 Å². The molecule has 18 nitrogen and oxygen atoms in total. The van der Waals surface area contributed by atoms with Crippen molar-refractivity contribution >= 4 is 65.0 Å². The number of benzene rings is 1. The van der Waals surface area contributed by atoms with Crippen LogP contribution in [0, 0.1) is 5.92 Å². The van der Waals surface area contributed by atoms with Crippen LogP contribution in [0.2, 0.25) is 0 Å². The summed E-state index contributed by atoms with van der Waals surface area (Å²) >= 11 is 1.38. The Balaban J connectivity index is 0.667. The zero-order chi connectivity index (χ0) is 47.4. The summed E-state index contributed by atoms with van der Waals surface area (Å²) in [4.78, 5) is 103. The van der Waals surface area contributed by atoms with Gasteiger partial charge in [0.1, 0.15) is 6.04 Å². The number of fused-ring (bicyclic) bond motifs is 1. The monoisotopic (exact) mass is 948 g/mol. The SMILES string of the molecule is O=C(/C=C/c1cccnc1)NCCCCC1CCN(C(=O)c2ccc(N3CCC(N4CCN(C(=O)CCOCCSc5cccc6c5C(=O)N(C5CCC(=O)NC5=O)C6=O)CC4)CC3)nn2)CC1. The number of amides is 7. The third kappa shape index (κ3) is 12.1. The van der Waals surface area contributed by atoms with E-state index in [0.717, 1.165) is 87.4 Å². The van der Waals surface area contributed by atoms with Crippen molar-refractivity contribution in [3.63, 3.8) is 0 Å². The third-order valence-electron chi connectivity index (χ3n) is 13.6. The van der Waals surface area contributed by atoms with Gasteiger partial charge in [-0.05, 0) is 86.4 Å². The van der Waals surface area contributed by atoms with Crippen molar-refractivity contribution in [2.75, 3.05) is 82.8 Å². The number of carbonyl (C=O) groups is 7. The molecule has 2 aromatic heterocycles. The molecule has 7 amide bonds. The van der Waals surface area contributed by atoms with E-state index in [0.29, 0.717) is 67.6 Å².